The fourth-order valence-electron chi connectivity index (χ4n) is 7.28. The van der Waals surface area contributed by atoms with E-state index in [9.17, 15) is 19.7 Å². The highest BCUT2D eigenvalue weighted by Crippen LogP contribution is 2.62. The summed E-state index contributed by atoms with van der Waals surface area (Å²) >= 11 is 6.45. The summed E-state index contributed by atoms with van der Waals surface area (Å²) in [5.74, 6) is 0.106. The van der Waals surface area contributed by atoms with Gasteiger partial charge in [0.05, 0.1) is 17.7 Å². The minimum Gasteiger partial charge on any atom is -0.480 e. The van der Waals surface area contributed by atoms with Crippen molar-refractivity contribution in [3.05, 3.63) is 35.4 Å². The number of aliphatic hydroxyl groups is 1. The van der Waals surface area contributed by atoms with Gasteiger partial charge in [-0.25, -0.2) is 4.79 Å². The average Bonchev–Trinajstić information content (AvgIpc) is 3.28. The maximum absolute atomic E-state index is 13.2. The van der Waals surface area contributed by atoms with Gasteiger partial charge in [-0.3, -0.25) is 0 Å². The number of aliphatic hydroxyl groups excluding tert-OH is 1. The van der Waals surface area contributed by atoms with E-state index in [0.29, 0.717) is 24.7 Å². The normalized spacial score (nSPS) is 35.9. The lowest BCUT2D eigenvalue weighted by Crippen LogP contribution is -2.58. The molecule has 7 nitrogen and oxygen atoms in total. The van der Waals surface area contributed by atoms with Crippen molar-refractivity contribution in [3.63, 3.8) is 0 Å². The number of fused-ring (bicyclic) bond motifs is 3. The van der Waals surface area contributed by atoms with E-state index in [2.05, 4.69) is 27.4 Å². The van der Waals surface area contributed by atoms with Gasteiger partial charge in [-0.15, -0.1) is 6.58 Å². The molecule has 7 atom stereocenters. The Hall–Kier alpha value is -1.87. The number of ether oxygens (including phenoxy) is 2. The maximum atomic E-state index is 13.2. The Bertz CT molecular complexity index is 1130. The third-order valence-corrected chi connectivity index (χ3v) is 10.7. The first-order valence-corrected chi connectivity index (χ1v) is 14.4. The number of carbonyl (C=O) groups excluding carboxylic acids is 2. The predicted molar refractivity (Wildman–Crippen MR) is 151 cm³/mol. The third kappa shape index (κ3) is 5.55. The summed E-state index contributed by atoms with van der Waals surface area (Å²) in [7, 11) is -1.13. The van der Waals surface area contributed by atoms with Crippen molar-refractivity contribution in [1.82, 2.24) is 0 Å². The maximum Gasteiger partial charge on any atom is 0.493 e. The van der Waals surface area contributed by atoms with Gasteiger partial charge in [0.2, 0.25) is 0 Å². The van der Waals surface area contributed by atoms with Crippen LogP contribution in [0.5, 0.6) is 5.75 Å². The highest BCUT2D eigenvalue weighted by molar-refractivity contribution is 6.65. The highest BCUT2D eigenvalue weighted by atomic mass is 35.5. The SMILES string of the molecule is C=C[C@]1(C)C[C@@H](OC(=O)COc2ccc3c(c2Cl)B(O)OC3)[C@@]2(C)C[C@](CCC(C)=O)(CC[C@H]2C)[C@@H](C)[C@@H]1O. The number of hydrogen-bond acceptors (Lipinski definition) is 7. The van der Waals surface area contributed by atoms with Crippen LogP contribution in [0.2, 0.25) is 5.02 Å². The Morgan fingerprint density at radius 1 is 1.31 bits per heavy atom. The summed E-state index contributed by atoms with van der Waals surface area (Å²) in [4.78, 5) is 25.3. The van der Waals surface area contributed by atoms with Gasteiger partial charge in [0.25, 0.3) is 0 Å². The Kier molecular flexibility index (Phi) is 8.64. The molecule has 0 amide bonds. The van der Waals surface area contributed by atoms with E-state index < -0.39 is 30.7 Å². The Balaban J connectivity index is 1.59. The van der Waals surface area contributed by atoms with Crippen molar-refractivity contribution >= 4 is 35.9 Å². The zero-order valence-corrected chi connectivity index (χ0v) is 24.6. The van der Waals surface area contributed by atoms with E-state index in [0.717, 1.165) is 24.8 Å². The molecule has 4 rings (SSSR count). The number of esters is 1. The Labute approximate surface area is 237 Å². The second kappa shape index (κ2) is 11.2. The minimum absolute atomic E-state index is 0.0482. The summed E-state index contributed by atoms with van der Waals surface area (Å²) < 4.78 is 17.2. The van der Waals surface area contributed by atoms with E-state index in [1.54, 1.807) is 25.1 Å². The van der Waals surface area contributed by atoms with Crippen molar-refractivity contribution in [2.45, 2.75) is 92.0 Å². The average molecular weight is 561 g/mol. The standard InChI is InChI=1S/C30H42BClO7/c1-7-28(5)14-23(39-24(34)16-37-22-9-8-21-15-38-31(36)25(21)26(22)32)29(6)17-30(12-10-18(29)2,13-11-19(3)33)20(4)27(28)35/h7-9,18,20,23,27,35-36H,1,10-17H2,2-6H3/t18-,20+,23-,27+,28-,29+,30-/m1/s1. The first-order valence-electron chi connectivity index (χ1n) is 14.0. The number of carbonyl (C=O) groups is 2. The summed E-state index contributed by atoms with van der Waals surface area (Å²) in [6.45, 7) is 14.1. The number of rotatable bonds is 8. The molecule has 1 aromatic carbocycles. The number of ketones is 1. The van der Waals surface area contributed by atoms with Gasteiger partial charge >= 0.3 is 13.1 Å². The molecule has 9 heteroatoms. The molecule has 2 aliphatic carbocycles. The van der Waals surface area contributed by atoms with Gasteiger partial charge in [-0.1, -0.05) is 51.4 Å². The number of hydrogen-bond donors (Lipinski definition) is 2. The molecule has 1 aliphatic heterocycles. The molecule has 2 fully saturated rings. The molecule has 0 unspecified atom stereocenters. The van der Waals surface area contributed by atoms with Crippen LogP contribution in [0, 0.1) is 28.1 Å². The van der Waals surface area contributed by atoms with E-state index in [-0.39, 0.29) is 52.4 Å². The predicted octanol–water partition coefficient (Wildman–Crippen LogP) is 4.62. The fraction of sp³-hybridized carbons (Fsp3) is 0.667. The summed E-state index contributed by atoms with van der Waals surface area (Å²) in [5, 5.41) is 21.9. The molecule has 2 bridgehead atoms. The van der Waals surface area contributed by atoms with E-state index in [1.807, 2.05) is 6.92 Å². The molecule has 0 saturated heterocycles. The molecule has 0 spiro atoms. The summed E-state index contributed by atoms with van der Waals surface area (Å²) in [5.41, 5.74) is -0.0706. The number of halogens is 1. The minimum atomic E-state index is -1.13. The molecule has 39 heavy (non-hydrogen) atoms. The molecule has 214 valence electrons. The third-order valence-electron chi connectivity index (χ3n) is 10.3. The topological polar surface area (TPSA) is 102 Å². The molecule has 2 saturated carbocycles. The van der Waals surface area contributed by atoms with Crippen LogP contribution >= 0.6 is 11.6 Å². The largest absolute Gasteiger partial charge is 0.493 e. The van der Waals surface area contributed by atoms with E-state index in [4.69, 9.17) is 25.7 Å². The number of benzene rings is 1. The van der Waals surface area contributed by atoms with E-state index >= 15 is 0 Å². The van der Waals surface area contributed by atoms with Gasteiger partial charge in [-0.2, -0.15) is 0 Å². The van der Waals surface area contributed by atoms with Crippen LogP contribution in [-0.4, -0.2) is 47.8 Å². The monoisotopic (exact) mass is 560 g/mol. The number of Topliss-reactive ketones (excluding diaryl/α,β-unsaturated/α-hetero) is 1. The zero-order valence-electron chi connectivity index (χ0n) is 23.8. The lowest BCUT2D eigenvalue weighted by atomic mass is 9.47. The Morgan fingerprint density at radius 2 is 2.03 bits per heavy atom. The van der Waals surface area contributed by atoms with Crippen LogP contribution in [-0.2, 0) is 25.6 Å². The van der Waals surface area contributed by atoms with Crippen LogP contribution in [0.25, 0.3) is 0 Å². The fourth-order valence-corrected chi connectivity index (χ4v) is 7.61. The lowest BCUT2D eigenvalue weighted by molar-refractivity contribution is -0.190. The van der Waals surface area contributed by atoms with Gasteiger partial charge in [0, 0.05) is 22.7 Å². The smallest absolute Gasteiger partial charge is 0.480 e. The van der Waals surface area contributed by atoms with Crippen LogP contribution in [0.15, 0.2) is 24.8 Å². The second-order valence-corrected chi connectivity index (χ2v) is 13.1. The van der Waals surface area contributed by atoms with Gasteiger partial charge < -0.3 is 29.1 Å². The van der Waals surface area contributed by atoms with Gasteiger partial charge in [-0.05, 0) is 67.9 Å². The molecule has 2 N–H and O–H groups in total. The quantitative estimate of drug-likeness (QED) is 0.272. The molecular weight excluding hydrogens is 519 g/mol. The lowest BCUT2D eigenvalue weighted by Gasteiger charge is -2.60. The zero-order chi connectivity index (χ0) is 28.8. The molecule has 0 aromatic heterocycles. The van der Waals surface area contributed by atoms with Crippen LogP contribution in [0.1, 0.15) is 78.7 Å². The van der Waals surface area contributed by atoms with Crippen molar-refractivity contribution in [2.24, 2.45) is 28.1 Å². The first-order chi connectivity index (χ1) is 18.3. The second-order valence-electron chi connectivity index (χ2n) is 12.7. The first kappa shape index (κ1) is 30.1. The van der Waals surface area contributed by atoms with E-state index in [1.165, 1.54) is 0 Å². The molecule has 3 aliphatic rings. The Morgan fingerprint density at radius 3 is 2.69 bits per heavy atom. The van der Waals surface area contributed by atoms with Crippen molar-refractivity contribution in [2.75, 3.05) is 6.61 Å². The molecular formula is C30H42BClO7. The highest BCUT2D eigenvalue weighted by Gasteiger charge is 2.58. The van der Waals surface area contributed by atoms with Crippen LogP contribution in [0.4, 0.5) is 0 Å². The van der Waals surface area contributed by atoms with Gasteiger partial charge in [0.1, 0.15) is 17.6 Å². The van der Waals surface area contributed by atoms with Gasteiger partial charge in [0.15, 0.2) is 6.61 Å². The molecule has 1 aromatic rings. The summed E-state index contributed by atoms with van der Waals surface area (Å²) in [6.07, 6.45) is 4.80. The van der Waals surface area contributed by atoms with Crippen molar-refractivity contribution in [1.29, 1.82) is 0 Å². The summed E-state index contributed by atoms with van der Waals surface area (Å²) in [6, 6.07) is 3.42. The van der Waals surface area contributed by atoms with Crippen molar-refractivity contribution in [3.8, 4) is 5.75 Å². The van der Waals surface area contributed by atoms with Crippen molar-refractivity contribution < 1.29 is 33.8 Å². The van der Waals surface area contributed by atoms with Crippen LogP contribution in [0.3, 0.4) is 0 Å². The molecule has 1 heterocycles. The molecule has 0 radical (unpaired) electrons. The van der Waals surface area contributed by atoms with Crippen LogP contribution < -0.4 is 10.2 Å².